The first-order valence-electron chi connectivity index (χ1n) is 7.96. The van der Waals surface area contributed by atoms with Crippen molar-refractivity contribution < 1.29 is 22.7 Å². The van der Waals surface area contributed by atoms with Gasteiger partial charge in [-0.05, 0) is 42.5 Å². The van der Waals surface area contributed by atoms with Crippen LogP contribution in [0.4, 0.5) is 5.69 Å². The van der Waals surface area contributed by atoms with Crippen molar-refractivity contribution in [2.24, 2.45) is 5.14 Å². The minimum Gasteiger partial charge on any atom is -0.507 e. The van der Waals surface area contributed by atoms with Crippen molar-refractivity contribution in [3.63, 3.8) is 0 Å². The number of nitrogens with zero attached hydrogens (tertiary/aromatic N) is 2. The van der Waals surface area contributed by atoms with Crippen molar-refractivity contribution in [3.8, 4) is 17.2 Å². The highest BCUT2D eigenvalue weighted by molar-refractivity contribution is 7.89. The van der Waals surface area contributed by atoms with E-state index in [1.165, 1.54) is 6.07 Å². The topological polar surface area (TPSA) is 148 Å². The summed E-state index contributed by atoms with van der Waals surface area (Å²) in [5, 5.41) is 25.5. The van der Waals surface area contributed by atoms with Crippen LogP contribution in [0.3, 0.4) is 0 Å². The van der Waals surface area contributed by atoms with Crippen LogP contribution in [-0.2, 0) is 21.2 Å². The minimum absolute atomic E-state index is 0.0217. The molecule has 146 valence electrons. The molecule has 1 amide bonds. The molecular weight excluding hydrogens is 408 g/mol. The summed E-state index contributed by atoms with van der Waals surface area (Å²) in [6.07, 6.45) is 0.209. The number of aromatic nitrogens is 2. The lowest BCUT2D eigenvalue weighted by atomic mass is 10.2. The first kappa shape index (κ1) is 19.8. The molecule has 4 N–H and O–H groups in total. The molecule has 2 aromatic carbocycles. The Balaban J connectivity index is 1.62. The Kier molecular flexibility index (Phi) is 5.63. The van der Waals surface area contributed by atoms with Crippen molar-refractivity contribution >= 4 is 33.2 Å². The van der Waals surface area contributed by atoms with Crippen LogP contribution >= 0.6 is 11.6 Å². The number of phenolic OH excluding ortho intramolecular Hbond substituents is 1. The summed E-state index contributed by atoms with van der Waals surface area (Å²) in [4.78, 5) is 11.6. The van der Waals surface area contributed by atoms with E-state index in [0.717, 1.165) is 12.1 Å². The third-order valence-electron chi connectivity index (χ3n) is 3.67. The number of amides is 1. The predicted octanol–water partition coefficient (Wildman–Crippen LogP) is 2.31. The van der Waals surface area contributed by atoms with Crippen LogP contribution in [0.25, 0.3) is 11.5 Å². The normalized spacial score (nSPS) is 11.4. The zero-order chi connectivity index (χ0) is 20.3. The fraction of sp³-hybridized carbons (Fsp3) is 0.118. The van der Waals surface area contributed by atoms with Crippen LogP contribution < -0.4 is 10.5 Å². The molecule has 0 aliphatic rings. The van der Waals surface area contributed by atoms with Crippen molar-refractivity contribution in [1.29, 1.82) is 0 Å². The molecular formula is C17H15ClN4O5S. The molecule has 3 aromatic rings. The summed E-state index contributed by atoms with van der Waals surface area (Å²) >= 11 is 5.83. The van der Waals surface area contributed by atoms with Crippen LogP contribution in [0.15, 0.2) is 51.8 Å². The Labute approximate surface area is 165 Å². The molecule has 0 bridgehead atoms. The summed E-state index contributed by atoms with van der Waals surface area (Å²) in [5.74, 6) is -0.321. The van der Waals surface area contributed by atoms with E-state index in [2.05, 4.69) is 15.5 Å². The molecule has 1 aromatic heterocycles. The summed E-state index contributed by atoms with van der Waals surface area (Å²) in [7, 11) is -4.12. The Morgan fingerprint density at radius 3 is 2.57 bits per heavy atom. The van der Waals surface area contributed by atoms with Crippen LogP contribution in [0.1, 0.15) is 12.3 Å². The van der Waals surface area contributed by atoms with Gasteiger partial charge in [-0.25, -0.2) is 13.6 Å². The molecule has 28 heavy (non-hydrogen) atoms. The van der Waals surface area contributed by atoms with Gasteiger partial charge in [-0.1, -0.05) is 11.6 Å². The number of hydrogen-bond acceptors (Lipinski definition) is 7. The molecule has 0 saturated heterocycles. The monoisotopic (exact) mass is 422 g/mol. The average Bonchev–Trinajstić information content (AvgIpc) is 3.10. The number of phenols is 1. The van der Waals surface area contributed by atoms with Gasteiger partial charge in [0.1, 0.15) is 10.6 Å². The van der Waals surface area contributed by atoms with Gasteiger partial charge >= 0.3 is 0 Å². The zero-order valence-corrected chi connectivity index (χ0v) is 15.9. The number of sulfonamides is 1. The first-order valence-corrected chi connectivity index (χ1v) is 9.89. The van der Waals surface area contributed by atoms with Crippen LogP contribution in [0.2, 0.25) is 5.02 Å². The van der Waals surface area contributed by atoms with Crippen molar-refractivity contribution in [3.05, 3.63) is 53.4 Å². The average molecular weight is 423 g/mol. The summed E-state index contributed by atoms with van der Waals surface area (Å²) in [6.45, 7) is 0. The predicted molar refractivity (Wildman–Crippen MR) is 101 cm³/mol. The molecule has 9 nitrogen and oxygen atoms in total. The third-order valence-corrected chi connectivity index (χ3v) is 4.87. The van der Waals surface area contributed by atoms with Crippen LogP contribution in [-0.4, -0.2) is 29.6 Å². The van der Waals surface area contributed by atoms with Gasteiger partial charge in [-0.2, -0.15) is 0 Å². The highest BCUT2D eigenvalue weighted by atomic mass is 35.5. The fourth-order valence-electron chi connectivity index (χ4n) is 2.33. The minimum atomic E-state index is -4.12. The molecule has 0 unspecified atom stereocenters. The number of benzene rings is 2. The SMILES string of the molecule is NS(=O)(=O)c1cc(NC(=O)CCc2nnc(-c3ccc(Cl)cc3)o2)ccc1O. The molecule has 3 rings (SSSR count). The molecule has 0 aliphatic heterocycles. The van der Waals surface area contributed by atoms with Gasteiger partial charge in [0.2, 0.25) is 27.7 Å². The standard InChI is InChI=1S/C17H15ClN4O5S/c18-11-3-1-10(2-4-11)17-22-21-16(27-17)8-7-15(24)20-12-5-6-13(23)14(9-12)28(19,25)26/h1-6,9,23H,7-8H2,(H,20,24)(H2,19,25,26). The number of carbonyl (C=O) groups excluding carboxylic acids is 1. The molecule has 11 heteroatoms. The summed E-state index contributed by atoms with van der Waals surface area (Å²) in [5.41, 5.74) is 0.881. The van der Waals surface area contributed by atoms with Gasteiger partial charge in [-0.3, -0.25) is 4.79 Å². The molecule has 0 fully saturated rings. The number of nitrogens with two attached hydrogens (primary N) is 1. The molecule has 0 spiro atoms. The highest BCUT2D eigenvalue weighted by Gasteiger charge is 2.16. The molecule has 0 saturated carbocycles. The fourth-order valence-corrected chi connectivity index (χ4v) is 3.10. The van der Waals surface area contributed by atoms with E-state index in [9.17, 15) is 18.3 Å². The van der Waals surface area contributed by atoms with E-state index in [1.807, 2.05) is 0 Å². The summed E-state index contributed by atoms with van der Waals surface area (Å²) < 4.78 is 28.3. The second-order valence-electron chi connectivity index (χ2n) is 5.78. The van der Waals surface area contributed by atoms with Crippen molar-refractivity contribution in [2.75, 3.05) is 5.32 Å². The lowest BCUT2D eigenvalue weighted by molar-refractivity contribution is -0.116. The maximum atomic E-state index is 12.1. The van der Waals surface area contributed by atoms with E-state index in [0.29, 0.717) is 16.5 Å². The molecule has 0 atom stereocenters. The van der Waals surface area contributed by atoms with Gasteiger partial charge < -0.3 is 14.8 Å². The van der Waals surface area contributed by atoms with Gasteiger partial charge in [0.25, 0.3) is 0 Å². The summed E-state index contributed by atoms with van der Waals surface area (Å²) in [6, 6.07) is 10.4. The van der Waals surface area contributed by atoms with E-state index < -0.39 is 26.6 Å². The second kappa shape index (κ2) is 7.97. The van der Waals surface area contributed by atoms with Gasteiger partial charge in [0.05, 0.1) is 0 Å². The van der Waals surface area contributed by atoms with Crippen molar-refractivity contribution in [2.45, 2.75) is 17.7 Å². The Morgan fingerprint density at radius 1 is 1.18 bits per heavy atom. The number of hydrogen-bond donors (Lipinski definition) is 3. The molecule has 0 radical (unpaired) electrons. The Bertz CT molecular complexity index is 1110. The maximum Gasteiger partial charge on any atom is 0.247 e. The lowest BCUT2D eigenvalue weighted by Gasteiger charge is -2.07. The zero-order valence-electron chi connectivity index (χ0n) is 14.3. The number of anilines is 1. The number of primary sulfonamides is 1. The van der Waals surface area contributed by atoms with E-state index >= 15 is 0 Å². The number of aromatic hydroxyl groups is 1. The van der Waals surface area contributed by atoms with E-state index in [1.54, 1.807) is 24.3 Å². The third kappa shape index (κ3) is 4.85. The van der Waals surface area contributed by atoms with Crippen LogP contribution in [0.5, 0.6) is 5.75 Å². The number of aryl methyl sites for hydroxylation is 1. The number of carbonyl (C=O) groups is 1. The largest absolute Gasteiger partial charge is 0.507 e. The van der Waals surface area contributed by atoms with Crippen molar-refractivity contribution in [1.82, 2.24) is 10.2 Å². The van der Waals surface area contributed by atoms with Crippen LogP contribution in [0, 0.1) is 0 Å². The smallest absolute Gasteiger partial charge is 0.247 e. The quantitative estimate of drug-likeness (QED) is 0.516. The van der Waals surface area contributed by atoms with Gasteiger partial charge in [-0.15, -0.1) is 10.2 Å². The molecule has 1 heterocycles. The Morgan fingerprint density at radius 2 is 1.89 bits per heavy atom. The lowest BCUT2D eigenvalue weighted by Crippen LogP contribution is -2.15. The van der Waals surface area contributed by atoms with E-state index in [4.69, 9.17) is 21.2 Å². The van der Waals surface area contributed by atoms with Gasteiger partial charge in [0.15, 0.2) is 0 Å². The number of nitrogens with one attached hydrogen (secondary N) is 1. The van der Waals surface area contributed by atoms with E-state index in [-0.39, 0.29) is 24.4 Å². The Hall–Kier alpha value is -2.95. The number of halogens is 1. The highest BCUT2D eigenvalue weighted by Crippen LogP contribution is 2.25. The number of rotatable bonds is 6. The second-order valence-corrected chi connectivity index (χ2v) is 7.75. The first-order chi connectivity index (χ1) is 13.2. The maximum absolute atomic E-state index is 12.1. The van der Waals surface area contributed by atoms with Gasteiger partial charge in [0, 0.05) is 29.1 Å². The molecule has 0 aliphatic carbocycles.